The molecule has 0 amide bonds. The van der Waals surface area contributed by atoms with Crippen LogP contribution in [0.2, 0.25) is 0 Å². The maximum Gasteiger partial charge on any atom is 0.231 e. The van der Waals surface area contributed by atoms with Crippen LogP contribution in [0.5, 0.6) is 11.5 Å². The number of Topliss-reactive ketones (excluding diaryl/α,β-unsaturated/α-hetero) is 1. The standard InChI is InChI=1S/C12H15NO3/c1-8(13(2)3)12(14)9-4-5-10-11(6-9)16-7-15-10/h4-6,8H,7H2,1-3H3/t8-/m1/s1. The van der Waals surface area contributed by atoms with Crippen LogP contribution in [0.3, 0.4) is 0 Å². The van der Waals surface area contributed by atoms with E-state index in [0.29, 0.717) is 17.1 Å². The minimum Gasteiger partial charge on any atom is -0.454 e. The lowest BCUT2D eigenvalue weighted by atomic mass is 10.0. The van der Waals surface area contributed by atoms with Crippen molar-refractivity contribution in [3.63, 3.8) is 0 Å². The van der Waals surface area contributed by atoms with Crippen molar-refractivity contribution in [2.24, 2.45) is 0 Å². The number of hydrogen-bond donors (Lipinski definition) is 0. The van der Waals surface area contributed by atoms with E-state index in [4.69, 9.17) is 9.47 Å². The highest BCUT2D eigenvalue weighted by Crippen LogP contribution is 2.32. The molecule has 86 valence electrons. The van der Waals surface area contributed by atoms with Crippen LogP contribution in [0.25, 0.3) is 0 Å². The van der Waals surface area contributed by atoms with Crippen LogP contribution in [-0.2, 0) is 0 Å². The zero-order valence-electron chi connectivity index (χ0n) is 9.69. The molecule has 16 heavy (non-hydrogen) atoms. The van der Waals surface area contributed by atoms with Crippen molar-refractivity contribution in [3.8, 4) is 11.5 Å². The first-order valence-corrected chi connectivity index (χ1v) is 5.20. The van der Waals surface area contributed by atoms with Gasteiger partial charge in [0.2, 0.25) is 6.79 Å². The molecule has 2 rings (SSSR count). The maximum atomic E-state index is 12.0. The molecule has 1 aliphatic heterocycles. The van der Waals surface area contributed by atoms with E-state index in [1.54, 1.807) is 18.2 Å². The molecule has 0 aliphatic carbocycles. The van der Waals surface area contributed by atoms with Gasteiger partial charge in [0.05, 0.1) is 6.04 Å². The highest BCUT2D eigenvalue weighted by molar-refractivity contribution is 6.00. The molecular formula is C12H15NO3. The van der Waals surface area contributed by atoms with E-state index < -0.39 is 0 Å². The van der Waals surface area contributed by atoms with Crippen LogP contribution in [0.15, 0.2) is 18.2 Å². The molecule has 0 N–H and O–H groups in total. The Morgan fingerprint density at radius 3 is 2.69 bits per heavy atom. The number of carbonyl (C=O) groups excluding carboxylic acids is 1. The van der Waals surface area contributed by atoms with Crippen molar-refractivity contribution in [1.82, 2.24) is 4.90 Å². The normalized spacial score (nSPS) is 15.2. The van der Waals surface area contributed by atoms with E-state index in [2.05, 4.69) is 0 Å². The third-order valence-corrected chi connectivity index (χ3v) is 2.81. The molecule has 1 aromatic rings. The summed E-state index contributed by atoms with van der Waals surface area (Å²) in [6, 6.07) is 5.15. The van der Waals surface area contributed by atoms with Crippen LogP contribution < -0.4 is 9.47 Å². The number of hydrogen-bond acceptors (Lipinski definition) is 4. The fraction of sp³-hybridized carbons (Fsp3) is 0.417. The van der Waals surface area contributed by atoms with Crippen molar-refractivity contribution < 1.29 is 14.3 Å². The van der Waals surface area contributed by atoms with Crippen molar-refractivity contribution in [3.05, 3.63) is 23.8 Å². The maximum absolute atomic E-state index is 12.0. The minimum atomic E-state index is -0.139. The van der Waals surface area contributed by atoms with Gasteiger partial charge in [0.15, 0.2) is 17.3 Å². The lowest BCUT2D eigenvalue weighted by molar-refractivity contribution is 0.0890. The lowest BCUT2D eigenvalue weighted by Gasteiger charge is -2.18. The summed E-state index contributed by atoms with van der Waals surface area (Å²) in [5.74, 6) is 1.44. The Morgan fingerprint density at radius 2 is 2.00 bits per heavy atom. The van der Waals surface area contributed by atoms with Crippen molar-refractivity contribution in [2.45, 2.75) is 13.0 Å². The summed E-state index contributed by atoms with van der Waals surface area (Å²) in [5.41, 5.74) is 0.658. The number of fused-ring (bicyclic) bond motifs is 1. The molecule has 0 spiro atoms. The zero-order chi connectivity index (χ0) is 11.7. The first-order valence-electron chi connectivity index (χ1n) is 5.20. The summed E-state index contributed by atoms with van der Waals surface area (Å²) in [7, 11) is 3.77. The summed E-state index contributed by atoms with van der Waals surface area (Å²) in [6.45, 7) is 2.11. The van der Waals surface area contributed by atoms with Crippen molar-refractivity contribution in [1.29, 1.82) is 0 Å². The lowest BCUT2D eigenvalue weighted by Crippen LogP contribution is -2.32. The molecular weight excluding hydrogens is 206 g/mol. The van der Waals surface area contributed by atoms with E-state index in [-0.39, 0.29) is 18.6 Å². The molecule has 4 nitrogen and oxygen atoms in total. The van der Waals surface area contributed by atoms with Gasteiger partial charge in [-0.2, -0.15) is 0 Å². The van der Waals surface area contributed by atoms with Gasteiger partial charge in [-0.1, -0.05) is 0 Å². The number of nitrogens with zero attached hydrogens (tertiary/aromatic N) is 1. The van der Waals surface area contributed by atoms with E-state index in [1.165, 1.54) is 0 Å². The van der Waals surface area contributed by atoms with Gasteiger partial charge < -0.3 is 9.47 Å². The number of ether oxygens (including phenoxy) is 2. The summed E-state index contributed by atoms with van der Waals surface area (Å²) in [4.78, 5) is 13.9. The number of carbonyl (C=O) groups is 1. The largest absolute Gasteiger partial charge is 0.454 e. The average Bonchev–Trinajstić information content (AvgIpc) is 2.73. The highest BCUT2D eigenvalue weighted by atomic mass is 16.7. The van der Waals surface area contributed by atoms with Gasteiger partial charge in [-0.25, -0.2) is 0 Å². The number of ketones is 1. The van der Waals surface area contributed by atoms with E-state index in [9.17, 15) is 4.79 Å². The third-order valence-electron chi connectivity index (χ3n) is 2.81. The van der Waals surface area contributed by atoms with Crippen molar-refractivity contribution in [2.75, 3.05) is 20.9 Å². The van der Waals surface area contributed by atoms with Gasteiger partial charge in [-0.05, 0) is 39.2 Å². The van der Waals surface area contributed by atoms with Crippen LogP contribution >= 0.6 is 0 Å². The Kier molecular flexibility index (Phi) is 2.83. The molecule has 0 aromatic heterocycles. The quantitative estimate of drug-likeness (QED) is 0.726. The molecule has 4 heteroatoms. The minimum absolute atomic E-state index is 0.0864. The van der Waals surface area contributed by atoms with Crippen LogP contribution in [-0.4, -0.2) is 37.6 Å². The zero-order valence-corrected chi connectivity index (χ0v) is 9.69. The Morgan fingerprint density at radius 1 is 1.31 bits per heavy atom. The first-order chi connectivity index (χ1) is 7.59. The fourth-order valence-corrected chi connectivity index (χ4v) is 1.53. The Labute approximate surface area is 94.8 Å². The smallest absolute Gasteiger partial charge is 0.231 e. The molecule has 0 radical (unpaired) electrons. The molecule has 1 atom stereocenters. The predicted octanol–water partition coefficient (Wildman–Crippen LogP) is 1.55. The van der Waals surface area contributed by atoms with E-state index in [0.717, 1.165) is 0 Å². The average molecular weight is 221 g/mol. The number of rotatable bonds is 3. The monoisotopic (exact) mass is 221 g/mol. The number of benzene rings is 1. The molecule has 0 saturated carbocycles. The molecule has 0 fully saturated rings. The summed E-state index contributed by atoms with van der Waals surface area (Å²) in [6.07, 6.45) is 0. The summed E-state index contributed by atoms with van der Waals surface area (Å²) < 4.78 is 10.4. The van der Waals surface area contributed by atoms with Gasteiger partial charge in [0.25, 0.3) is 0 Å². The van der Waals surface area contributed by atoms with Crippen molar-refractivity contribution >= 4 is 5.78 Å². The predicted molar refractivity (Wildman–Crippen MR) is 60.0 cm³/mol. The molecule has 0 unspecified atom stereocenters. The first kappa shape index (κ1) is 11.0. The molecule has 0 bridgehead atoms. The molecule has 0 saturated heterocycles. The van der Waals surface area contributed by atoms with Gasteiger partial charge in [-0.3, -0.25) is 9.69 Å². The fourth-order valence-electron chi connectivity index (χ4n) is 1.53. The second kappa shape index (κ2) is 4.14. The molecule has 1 heterocycles. The van der Waals surface area contributed by atoms with Crippen LogP contribution in [0.4, 0.5) is 0 Å². The Hall–Kier alpha value is -1.55. The SMILES string of the molecule is C[C@H](C(=O)c1ccc2c(c1)OCO2)N(C)C. The summed E-state index contributed by atoms with van der Waals surface area (Å²) in [5, 5.41) is 0. The van der Waals surface area contributed by atoms with Gasteiger partial charge in [0.1, 0.15) is 0 Å². The topological polar surface area (TPSA) is 38.8 Å². The third kappa shape index (κ3) is 1.88. The Bertz CT molecular complexity index is 415. The van der Waals surface area contributed by atoms with E-state index >= 15 is 0 Å². The van der Waals surface area contributed by atoms with Gasteiger partial charge in [0, 0.05) is 5.56 Å². The second-order valence-corrected chi connectivity index (χ2v) is 4.07. The molecule has 1 aliphatic rings. The number of likely N-dealkylation sites (N-methyl/N-ethyl adjacent to an activating group) is 1. The second-order valence-electron chi connectivity index (χ2n) is 4.07. The van der Waals surface area contributed by atoms with Gasteiger partial charge >= 0.3 is 0 Å². The van der Waals surface area contributed by atoms with Crippen LogP contribution in [0, 0.1) is 0 Å². The van der Waals surface area contributed by atoms with E-state index in [1.807, 2.05) is 25.9 Å². The Balaban J connectivity index is 2.25. The molecule has 1 aromatic carbocycles. The van der Waals surface area contributed by atoms with Gasteiger partial charge in [-0.15, -0.1) is 0 Å². The highest BCUT2D eigenvalue weighted by Gasteiger charge is 2.20. The van der Waals surface area contributed by atoms with Crippen LogP contribution in [0.1, 0.15) is 17.3 Å². The summed E-state index contributed by atoms with van der Waals surface area (Å²) >= 11 is 0.